The second-order valence-electron chi connectivity index (χ2n) is 4.28. The van der Waals surface area contributed by atoms with E-state index < -0.39 is 5.97 Å². The van der Waals surface area contributed by atoms with E-state index in [1.165, 1.54) is 22.3 Å². The van der Waals surface area contributed by atoms with Crippen LogP contribution in [0.1, 0.15) is 20.8 Å². The Hall–Kier alpha value is -1.86. The molecule has 2 N–H and O–H groups in total. The third kappa shape index (κ3) is 3.17. The number of hydrogen-bond acceptors (Lipinski definition) is 4. The fourth-order valence-corrected chi connectivity index (χ4v) is 3.35. The van der Waals surface area contributed by atoms with Crippen LogP contribution in [0.15, 0.2) is 22.9 Å². The lowest BCUT2D eigenvalue weighted by molar-refractivity contribution is 0.0698. The zero-order valence-corrected chi connectivity index (χ0v) is 12.7. The van der Waals surface area contributed by atoms with Gasteiger partial charge in [0.05, 0.1) is 12.1 Å². The third-order valence-corrected chi connectivity index (χ3v) is 4.65. The van der Waals surface area contributed by atoms with Gasteiger partial charge in [0.1, 0.15) is 5.00 Å². The maximum atomic E-state index is 12.1. The minimum absolute atomic E-state index is 0.115. The monoisotopic (exact) mass is 310 g/mol. The van der Waals surface area contributed by atoms with E-state index >= 15 is 0 Å². The molecule has 2 aromatic rings. The Morgan fingerprint density at radius 3 is 2.60 bits per heavy atom. The fourth-order valence-electron chi connectivity index (χ4n) is 1.62. The Labute approximate surface area is 124 Å². The zero-order valence-electron chi connectivity index (χ0n) is 11.0. The molecule has 5 nitrogen and oxygen atoms in total. The third-order valence-electron chi connectivity index (χ3n) is 2.81. The van der Waals surface area contributed by atoms with Crippen LogP contribution in [0.25, 0.3) is 0 Å². The van der Waals surface area contributed by atoms with Crippen molar-refractivity contribution in [2.24, 2.45) is 0 Å². The first kappa shape index (κ1) is 14.5. The molecule has 0 bridgehead atoms. The highest BCUT2D eigenvalue weighted by atomic mass is 32.1. The van der Waals surface area contributed by atoms with Crippen LogP contribution in [-0.2, 0) is 6.54 Å². The van der Waals surface area contributed by atoms with Crippen molar-refractivity contribution in [3.8, 4) is 0 Å². The lowest BCUT2D eigenvalue weighted by Crippen LogP contribution is -2.30. The summed E-state index contributed by atoms with van der Waals surface area (Å²) < 4.78 is 0. The summed E-state index contributed by atoms with van der Waals surface area (Å²) in [5, 5.41) is 15.6. The first-order valence-electron chi connectivity index (χ1n) is 5.85. The largest absolute Gasteiger partial charge is 0.478 e. The van der Waals surface area contributed by atoms with Gasteiger partial charge < -0.3 is 10.0 Å². The molecule has 0 aliphatic carbocycles. The maximum Gasteiger partial charge on any atom is 0.338 e. The van der Waals surface area contributed by atoms with E-state index in [2.05, 4.69) is 5.32 Å². The van der Waals surface area contributed by atoms with Crippen molar-refractivity contribution >= 4 is 39.7 Å². The highest BCUT2D eigenvalue weighted by Gasteiger charge is 2.16. The zero-order chi connectivity index (χ0) is 14.7. The standard InChI is InChI=1S/C13H14N2O3S2/c1-8-3-5-19-10(8)7-15(2)13(18)14-11-9(12(16)17)4-6-20-11/h3-6H,7H2,1-2H3,(H,14,18)(H,16,17). The van der Waals surface area contributed by atoms with Crippen LogP contribution >= 0.6 is 22.7 Å². The van der Waals surface area contributed by atoms with Crippen LogP contribution in [0.5, 0.6) is 0 Å². The fraction of sp³-hybridized carbons (Fsp3) is 0.231. The average Bonchev–Trinajstić information content (AvgIpc) is 2.99. The summed E-state index contributed by atoms with van der Waals surface area (Å²) in [5.74, 6) is -1.04. The number of carbonyl (C=O) groups is 2. The van der Waals surface area contributed by atoms with Crippen molar-refractivity contribution < 1.29 is 14.7 Å². The van der Waals surface area contributed by atoms with Gasteiger partial charge in [0, 0.05) is 11.9 Å². The Morgan fingerprint density at radius 1 is 1.30 bits per heavy atom. The van der Waals surface area contributed by atoms with Gasteiger partial charge in [-0.15, -0.1) is 22.7 Å². The van der Waals surface area contributed by atoms with Gasteiger partial charge in [-0.1, -0.05) is 0 Å². The number of urea groups is 1. The van der Waals surface area contributed by atoms with E-state index in [1.807, 2.05) is 18.4 Å². The van der Waals surface area contributed by atoms with Gasteiger partial charge in [-0.3, -0.25) is 5.32 Å². The minimum atomic E-state index is -1.04. The minimum Gasteiger partial charge on any atom is -0.478 e. The van der Waals surface area contributed by atoms with E-state index in [0.717, 1.165) is 10.4 Å². The lowest BCUT2D eigenvalue weighted by atomic mass is 10.3. The van der Waals surface area contributed by atoms with Crippen molar-refractivity contribution in [2.45, 2.75) is 13.5 Å². The van der Waals surface area contributed by atoms with Crippen LogP contribution in [0, 0.1) is 6.92 Å². The number of aromatic carboxylic acids is 1. The molecule has 20 heavy (non-hydrogen) atoms. The Morgan fingerprint density at radius 2 is 2.00 bits per heavy atom. The van der Waals surface area contributed by atoms with Crippen molar-refractivity contribution in [2.75, 3.05) is 12.4 Å². The molecule has 2 aromatic heterocycles. The average molecular weight is 310 g/mol. The molecule has 0 aliphatic heterocycles. The molecular weight excluding hydrogens is 296 g/mol. The summed E-state index contributed by atoms with van der Waals surface area (Å²) in [6, 6.07) is 3.17. The van der Waals surface area contributed by atoms with Gasteiger partial charge in [0.15, 0.2) is 0 Å². The number of anilines is 1. The molecular formula is C13H14N2O3S2. The SMILES string of the molecule is Cc1ccsc1CN(C)C(=O)Nc1sccc1C(=O)O. The van der Waals surface area contributed by atoms with Gasteiger partial charge >= 0.3 is 12.0 Å². The topological polar surface area (TPSA) is 69.6 Å². The number of rotatable bonds is 4. The van der Waals surface area contributed by atoms with Crippen molar-refractivity contribution in [3.05, 3.63) is 38.9 Å². The number of carboxylic acid groups (broad SMARTS) is 1. The van der Waals surface area contributed by atoms with E-state index in [4.69, 9.17) is 5.11 Å². The van der Waals surface area contributed by atoms with Gasteiger partial charge in [-0.2, -0.15) is 0 Å². The van der Waals surface area contributed by atoms with Crippen molar-refractivity contribution in [1.82, 2.24) is 4.90 Å². The highest BCUT2D eigenvalue weighted by Crippen LogP contribution is 2.24. The molecule has 0 unspecified atom stereocenters. The molecule has 0 aliphatic rings. The number of thiophene rings is 2. The summed E-state index contributed by atoms with van der Waals surface area (Å²) in [6.45, 7) is 2.50. The number of amides is 2. The first-order chi connectivity index (χ1) is 9.49. The van der Waals surface area contributed by atoms with Crippen LogP contribution in [0.4, 0.5) is 9.80 Å². The van der Waals surface area contributed by atoms with Gasteiger partial charge in [0.2, 0.25) is 0 Å². The number of nitrogens with zero attached hydrogens (tertiary/aromatic N) is 1. The van der Waals surface area contributed by atoms with Gasteiger partial charge in [-0.05, 0) is 35.4 Å². The molecule has 106 valence electrons. The molecule has 0 saturated carbocycles. The second-order valence-corrected chi connectivity index (χ2v) is 6.20. The van der Waals surface area contributed by atoms with E-state index in [9.17, 15) is 9.59 Å². The number of carbonyl (C=O) groups excluding carboxylic acids is 1. The van der Waals surface area contributed by atoms with Crippen LogP contribution in [-0.4, -0.2) is 29.1 Å². The molecule has 0 saturated heterocycles. The van der Waals surface area contributed by atoms with Crippen molar-refractivity contribution in [1.29, 1.82) is 0 Å². The number of nitrogens with one attached hydrogen (secondary N) is 1. The molecule has 2 rings (SSSR count). The number of hydrogen-bond donors (Lipinski definition) is 2. The smallest absolute Gasteiger partial charge is 0.338 e. The second kappa shape index (κ2) is 6.06. The molecule has 0 fully saturated rings. The first-order valence-corrected chi connectivity index (χ1v) is 7.61. The summed E-state index contributed by atoms with van der Waals surface area (Å²) in [5.41, 5.74) is 1.26. The summed E-state index contributed by atoms with van der Waals surface area (Å²) in [6.07, 6.45) is 0. The van der Waals surface area contributed by atoms with E-state index in [-0.39, 0.29) is 11.6 Å². The van der Waals surface area contributed by atoms with Gasteiger partial charge in [0.25, 0.3) is 0 Å². The maximum absolute atomic E-state index is 12.1. The molecule has 7 heteroatoms. The summed E-state index contributed by atoms with van der Waals surface area (Å²) in [4.78, 5) is 25.7. The van der Waals surface area contributed by atoms with Crippen LogP contribution in [0.3, 0.4) is 0 Å². The summed E-state index contributed by atoms with van der Waals surface area (Å²) in [7, 11) is 1.68. The summed E-state index contributed by atoms with van der Waals surface area (Å²) >= 11 is 2.80. The molecule has 2 amide bonds. The predicted octanol–water partition coefficient (Wildman–Crippen LogP) is 3.48. The molecule has 2 heterocycles. The lowest BCUT2D eigenvalue weighted by Gasteiger charge is -2.17. The molecule has 0 radical (unpaired) electrons. The molecule has 0 aromatic carbocycles. The van der Waals surface area contributed by atoms with Crippen LogP contribution < -0.4 is 5.32 Å². The number of aryl methyl sites for hydroxylation is 1. The van der Waals surface area contributed by atoms with Crippen LogP contribution in [0.2, 0.25) is 0 Å². The van der Waals surface area contributed by atoms with Crippen molar-refractivity contribution in [3.63, 3.8) is 0 Å². The molecule has 0 spiro atoms. The van der Waals surface area contributed by atoms with E-state index in [0.29, 0.717) is 11.5 Å². The predicted molar refractivity (Wildman–Crippen MR) is 80.8 cm³/mol. The molecule has 0 atom stereocenters. The Balaban J connectivity index is 2.03. The normalized spacial score (nSPS) is 10.3. The Bertz CT molecular complexity index is 633. The quantitative estimate of drug-likeness (QED) is 0.908. The number of carboxylic acids is 1. The Kier molecular flexibility index (Phi) is 4.41. The van der Waals surface area contributed by atoms with Gasteiger partial charge in [-0.25, -0.2) is 9.59 Å². The highest BCUT2D eigenvalue weighted by molar-refractivity contribution is 7.14. The van der Waals surface area contributed by atoms with E-state index in [1.54, 1.807) is 23.8 Å².